The molecule has 0 spiro atoms. The van der Waals surface area contributed by atoms with Gasteiger partial charge in [-0.2, -0.15) is 0 Å². The van der Waals surface area contributed by atoms with E-state index in [0.29, 0.717) is 17.4 Å². The van der Waals surface area contributed by atoms with Crippen LogP contribution in [0.5, 0.6) is 5.75 Å². The minimum atomic E-state index is -2.76. The van der Waals surface area contributed by atoms with E-state index in [1.54, 1.807) is 0 Å². The van der Waals surface area contributed by atoms with Gasteiger partial charge >= 0.3 is 0 Å². The predicted molar refractivity (Wildman–Crippen MR) is 78.9 cm³/mol. The quantitative estimate of drug-likeness (QED) is 0.916. The van der Waals surface area contributed by atoms with Crippen LogP contribution in [0.3, 0.4) is 0 Å². The Morgan fingerprint density at radius 2 is 2.05 bits per heavy atom. The molecule has 110 valence electrons. The maximum Gasteiger partial charge on any atom is 0.150 e. The summed E-state index contributed by atoms with van der Waals surface area (Å²) in [5.74, 6) is 2.46. The van der Waals surface area contributed by atoms with Crippen LogP contribution < -0.4 is 10.1 Å². The van der Waals surface area contributed by atoms with Crippen molar-refractivity contribution in [2.24, 2.45) is 5.92 Å². The number of para-hydroxylation sites is 1. The number of hydrogen-bond acceptors (Lipinski definition) is 4. The smallest absolute Gasteiger partial charge is 0.150 e. The van der Waals surface area contributed by atoms with Crippen LogP contribution >= 0.6 is 0 Å². The average Bonchev–Trinajstić information content (AvgIpc) is 2.79. The van der Waals surface area contributed by atoms with Crippen molar-refractivity contribution in [3.05, 3.63) is 29.8 Å². The largest absolute Gasteiger partial charge is 0.493 e. The molecule has 0 aromatic heterocycles. The van der Waals surface area contributed by atoms with Crippen LogP contribution in [-0.4, -0.2) is 39.6 Å². The molecule has 1 N–H and O–H groups in total. The Labute approximate surface area is 120 Å². The number of hydrogen-bond donors (Lipinski definition) is 1. The Bertz CT molecular complexity index is 570. The SMILES string of the molecule is O=S1(=O)CCC(CNCC2CCOc3ccccc32)C1. The van der Waals surface area contributed by atoms with Crippen molar-refractivity contribution in [1.29, 1.82) is 0 Å². The molecule has 5 heteroatoms. The second kappa shape index (κ2) is 5.74. The third kappa shape index (κ3) is 3.15. The van der Waals surface area contributed by atoms with E-state index in [2.05, 4.69) is 11.4 Å². The van der Waals surface area contributed by atoms with Crippen molar-refractivity contribution < 1.29 is 13.2 Å². The van der Waals surface area contributed by atoms with Gasteiger partial charge in [-0.05, 0) is 36.9 Å². The number of benzene rings is 1. The zero-order chi connectivity index (χ0) is 14.0. The molecule has 20 heavy (non-hydrogen) atoms. The standard InChI is InChI=1S/C15H21NO3S/c17-20(18)8-6-12(11-20)9-16-10-13-5-7-19-15-4-2-1-3-14(13)15/h1-4,12-13,16H,5-11H2. The van der Waals surface area contributed by atoms with Crippen LogP contribution in [-0.2, 0) is 9.84 Å². The Morgan fingerprint density at radius 1 is 1.20 bits per heavy atom. The molecule has 0 saturated carbocycles. The summed E-state index contributed by atoms with van der Waals surface area (Å²) in [6, 6.07) is 8.19. The molecule has 1 aromatic rings. The lowest BCUT2D eigenvalue weighted by molar-refractivity contribution is 0.264. The van der Waals surface area contributed by atoms with Gasteiger partial charge in [0.25, 0.3) is 0 Å². The molecule has 0 amide bonds. The number of sulfone groups is 1. The lowest BCUT2D eigenvalue weighted by Crippen LogP contribution is -2.30. The third-order valence-electron chi connectivity index (χ3n) is 4.23. The highest BCUT2D eigenvalue weighted by Gasteiger charge is 2.28. The molecule has 0 aliphatic carbocycles. The van der Waals surface area contributed by atoms with E-state index in [4.69, 9.17) is 4.74 Å². The summed E-state index contributed by atoms with van der Waals surface area (Å²) >= 11 is 0. The number of nitrogens with one attached hydrogen (secondary N) is 1. The van der Waals surface area contributed by atoms with E-state index >= 15 is 0 Å². The second-order valence-corrected chi connectivity index (χ2v) is 8.03. The van der Waals surface area contributed by atoms with Crippen molar-refractivity contribution in [2.75, 3.05) is 31.2 Å². The van der Waals surface area contributed by atoms with Crippen molar-refractivity contribution >= 4 is 9.84 Å². The fourth-order valence-corrected chi connectivity index (χ4v) is 4.98. The van der Waals surface area contributed by atoms with Gasteiger partial charge in [-0.25, -0.2) is 8.42 Å². The van der Waals surface area contributed by atoms with E-state index < -0.39 is 9.84 Å². The first-order valence-electron chi connectivity index (χ1n) is 7.27. The molecular weight excluding hydrogens is 274 g/mol. The first-order valence-corrected chi connectivity index (χ1v) is 9.09. The summed E-state index contributed by atoms with van der Waals surface area (Å²) in [5, 5.41) is 3.46. The van der Waals surface area contributed by atoms with Gasteiger partial charge in [-0.1, -0.05) is 18.2 Å². The van der Waals surface area contributed by atoms with Gasteiger partial charge in [0.2, 0.25) is 0 Å². The molecule has 4 nitrogen and oxygen atoms in total. The lowest BCUT2D eigenvalue weighted by atomic mass is 9.93. The van der Waals surface area contributed by atoms with Crippen molar-refractivity contribution in [3.63, 3.8) is 0 Å². The summed E-state index contributed by atoms with van der Waals surface area (Å²) in [6.45, 7) is 2.47. The molecule has 1 saturated heterocycles. The maximum atomic E-state index is 11.4. The van der Waals surface area contributed by atoms with Crippen molar-refractivity contribution in [2.45, 2.75) is 18.8 Å². The molecular formula is C15H21NO3S. The Hall–Kier alpha value is -1.07. The van der Waals surface area contributed by atoms with Crippen LogP contribution in [0, 0.1) is 5.92 Å². The molecule has 2 atom stereocenters. The van der Waals surface area contributed by atoms with Crippen LogP contribution in [0.1, 0.15) is 24.3 Å². The molecule has 1 aromatic carbocycles. The average molecular weight is 295 g/mol. The minimum Gasteiger partial charge on any atom is -0.493 e. The zero-order valence-electron chi connectivity index (χ0n) is 11.5. The van der Waals surface area contributed by atoms with Crippen molar-refractivity contribution in [3.8, 4) is 5.75 Å². The monoisotopic (exact) mass is 295 g/mol. The fourth-order valence-electron chi connectivity index (χ4n) is 3.12. The third-order valence-corrected chi connectivity index (χ3v) is 6.07. The van der Waals surface area contributed by atoms with Crippen LogP contribution in [0.4, 0.5) is 0 Å². The fraction of sp³-hybridized carbons (Fsp3) is 0.600. The lowest BCUT2D eigenvalue weighted by Gasteiger charge is -2.26. The first kappa shape index (κ1) is 13.9. The van der Waals surface area contributed by atoms with Crippen LogP contribution in [0.15, 0.2) is 24.3 Å². The molecule has 3 rings (SSSR count). The van der Waals surface area contributed by atoms with Gasteiger partial charge in [0.05, 0.1) is 18.1 Å². The van der Waals surface area contributed by atoms with Crippen LogP contribution in [0.2, 0.25) is 0 Å². The topological polar surface area (TPSA) is 55.4 Å². The summed E-state index contributed by atoms with van der Waals surface area (Å²) in [7, 11) is -2.76. The van der Waals surface area contributed by atoms with E-state index in [1.165, 1.54) is 5.56 Å². The second-order valence-electron chi connectivity index (χ2n) is 5.80. The summed E-state index contributed by atoms with van der Waals surface area (Å²) < 4.78 is 28.5. The van der Waals surface area contributed by atoms with E-state index in [9.17, 15) is 8.42 Å². The Morgan fingerprint density at radius 3 is 2.85 bits per heavy atom. The Balaban J connectivity index is 1.53. The highest BCUT2D eigenvalue weighted by Crippen LogP contribution is 2.32. The number of fused-ring (bicyclic) bond motifs is 1. The predicted octanol–water partition coefficient (Wildman–Crippen LogP) is 1.58. The minimum absolute atomic E-state index is 0.287. The highest BCUT2D eigenvalue weighted by atomic mass is 32.2. The highest BCUT2D eigenvalue weighted by molar-refractivity contribution is 7.91. The molecule has 1 fully saturated rings. The van der Waals surface area contributed by atoms with Gasteiger partial charge in [0.15, 0.2) is 9.84 Å². The van der Waals surface area contributed by atoms with Gasteiger partial charge in [-0.3, -0.25) is 0 Å². The molecule has 2 aliphatic rings. The van der Waals surface area contributed by atoms with Crippen LogP contribution in [0.25, 0.3) is 0 Å². The molecule has 2 unspecified atom stereocenters. The van der Waals surface area contributed by atoms with E-state index in [-0.39, 0.29) is 5.92 Å². The number of rotatable bonds is 4. The molecule has 0 radical (unpaired) electrons. The molecule has 2 aliphatic heterocycles. The summed E-state index contributed by atoms with van der Waals surface area (Å²) in [4.78, 5) is 0. The van der Waals surface area contributed by atoms with Gasteiger partial charge in [-0.15, -0.1) is 0 Å². The first-order chi connectivity index (χ1) is 9.64. The van der Waals surface area contributed by atoms with Gasteiger partial charge in [0, 0.05) is 12.5 Å². The zero-order valence-corrected chi connectivity index (χ0v) is 12.4. The van der Waals surface area contributed by atoms with E-state index in [0.717, 1.165) is 38.3 Å². The molecule has 2 heterocycles. The Kier molecular flexibility index (Phi) is 3.98. The normalized spacial score (nSPS) is 27.8. The molecule has 0 bridgehead atoms. The summed E-state index contributed by atoms with van der Waals surface area (Å²) in [6.07, 6.45) is 1.83. The van der Waals surface area contributed by atoms with Gasteiger partial charge < -0.3 is 10.1 Å². The van der Waals surface area contributed by atoms with Crippen molar-refractivity contribution in [1.82, 2.24) is 5.32 Å². The van der Waals surface area contributed by atoms with Gasteiger partial charge in [0.1, 0.15) is 5.75 Å². The van der Waals surface area contributed by atoms with E-state index in [1.807, 2.05) is 18.2 Å². The maximum absolute atomic E-state index is 11.4. The number of ether oxygens (including phenoxy) is 1. The summed E-state index contributed by atoms with van der Waals surface area (Å²) in [5.41, 5.74) is 1.27.